The maximum atomic E-state index is 13.4. The van der Waals surface area contributed by atoms with Crippen LogP contribution in [-0.4, -0.2) is 0 Å². The fourth-order valence-corrected chi connectivity index (χ4v) is 4.48. The number of para-hydroxylation sites is 1. The van der Waals surface area contributed by atoms with Crippen molar-refractivity contribution in [2.45, 2.75) is 18.4 Å². The fraction of sp³-hybridized carbons (Fsp3) is 0.167. The van der Waals surface area contributed by atoms with Gasteiger partial charge in [-0.1, -0.05) is 72.8 Å². The summed E-state index contributed by atoms with van der Waals surface area (Å²) in [6, 6.07) is 24.2. The predicted octanol–water partition coefficient (Wildman–Crippen LogP) is 6.32. The normalized spacial score (nSPS) is 23.2. The van der Waals surface area contributed by atoms with Gasteiger partial charge in [0, 0.05) is 17.2 Å². The van der Waals surface area contributed by atoms with Crippen LogP contribution in [0.15, 0.2) is 84.9 Å². The quantitative estimate of drug-likeness (QED) is 0.538. The van der Waals surface area contributed by atoms with E-state index in [-0.39, 0.29) is 11.9 Å². The average molecular weight is 341 g/mol. The number of hydrogen-bond acceptors (Lipinski definition) is 1. The second-order valence-electron chi connectivity index (χ2n) is 7.16. The lowest BCUT2D eigenvalue weighted by molar-refractivity contribution is 0.425. The van der Waals surface area contributed by atoms with Crippen LogP contribution in [0.2, 0.25) is 0 Å². The van der Waals surface area contributed by atoms with Crippen LogP contribution in [0.25, 0.3) is 11.1 Å². The van der Waals surface area contributed by atoms with E-state index in [1.807, 2.05) is 18.2 Å². The Balaban J connectivity index is 1.65. The molecule has 0 spiro atoms. The Kier molecular flexibility index (Phi) is 3.63. The lowest BCUT2D eigenvalue weighted by atomic mass is 9.76. The largest absolute Gasteiger partial charge is 0.377 e. The van der Waals surface area contributed by atoms with Gasteiger partial charge < -0.3 is 5.32 Å². The summed E-state index contributed by atoms with van der Waals surface area (Å²) in [5.41, 5.74) is 6.17. The molecule has 2 aliphatic rings. The van der Waals surface area contributed by atoms with Crippen molar-refractivity contribution in [1.82, 2.24) is 0 Å². The Hall–Kier alpha value is -2.87. The number of allylic oxidation sites excluding steroid dienone is 2. The van der Waals surface area contributed by atoms with E-state index < -0.39 is 0 Å². The summed E-state index contributed by atoms with van der Waals surface area (Å²) in [6.07, 6.45) is 5.68. The number of nitrogens with one attached hydrogen (secondary N) is 1. The van der Waals surface area contributed by atoms with Gasteiger partial charge in [-0.3, -0.25) is 0 Å². The van der Waals surface area contributed by atoms with E-state index in [0.29, 0.717) is 11.8 Å². The van der Waals surface area contributed by atoms with Crippen molar-refractivity contribution in [3.05, 3.63) is 102 Å². The highest BCUT2D eigenvalue weighted by Crippen LogP contribution is 2.52. The topological polar surface area (TPSA) is 12.0 Å². The first-order chi connectivity index (χ1) is 12.8. The molecule has 3 aromatic carbocycles. The summed E-state index contributed by atoms with van der Waals surface area (Å²) >= 11 is 0. The van der Waals surface area contributed by atoms with Crippen LogP contribution in [0.4, 0.5) is 10.1 Å². The minimum absolute atomic E-state index is 0.184. The van der Waals surface area contributed by atoms with Crippen molar-refractivity contribution in [3.8, 4) is 11.1 Å². The van der Waals surface area contributed by atoms with Gasteiger partial charge in [0.05, 0.1) is 6.04 Å². The van der Waals surface area contributed by atoms with E-state index in [0.717, 1.165) is 12.0 Å². The lowest BCUT2D eigenvalue weighted by Gasteiger charge is -2.38. The summed E-state index contributed by atoms with van der Waals surface area (Å²) in [5.74, 6) is 0.694. The lowest BCUT2D eigenvalue weighted by Crippen LogP contribution is -2.29. The number of benzene rings is 3. The third-order valence-corrected chi connectivity index (χ3v) is 5.71. The highest BCUT2D eigenvalue weighted by Gasteiger charge is 2.38. The Morgan fingerprint density at radius 2 is 1.65 bits per heavy atom. The molecule has 3 atom stereocenters. The molecule has 0 amide bonds. The molecule has 5 rings (SSSR count). The van der Waals surface area contributed by atoms with Gasteiger partial charge in [0.2, 0.25) is 0 Å². The molecule has 0 radical (unpaired) electrons. The van der Waals surface area contributed by atoms with E-state index in [1.165, 1.54) is 22.4 Å². The number of rotatable bonds is 2. The summed E-state index contributed by atoms with van der Waals surface area (Å²) in [4.78, 5) is 0. The average Bonchev–Trinajstić information content (AvgIpc) is 3.18. The van der Waals surface area contributed by atoms with Crippen molar-refractivity contribution in [1.29, 1.82) is 0 Å². The molecule has 0 unspecified atom stereocenters. The van der Waals surface area contributed by atoms with Gasteiger partial charge in [0.15, 0.2) is 0 Å². The fourth-order valence-electron chi connectivity index (χ4n) is 4.48. The van der Waals surface area contributed by atoms with Crippen molar-refractivity contribution in [3.63, 3.8) is 0 Å². The number of anilines is 1. The SMILES string of the molecule is Fc1ccc([C@@H]2Nc3c(-c4ccccc4)cccc3[C@H]3C=CC[C@H]32)cc1. The van der Waals surface area contributed by atoms with Gasteiger partial charge in [0.25, 0.3) is 0 Å². The molecule has 128 valence electrons. The molecule has 2 heteroatoms. The maximum Gasteiger partial charge on any atom is 0.123 e. The Bertz CT molecular complexity index is 959. The Morgan fingerprint density at radius 3 is 2.46 bits per heavy atom. The van der Waals surface area contributed by atoms with Gasteiger partial charge in [-0.2, -0.15) is 0 Å². The molecular formula is C24H20FN. The molecule has 0 aromatic heterocycles. The van der Waals surface area contributed by atoms with Crippen molar-refractivity contribution < 1.29 is 4.39 Å². The predicted molar refractivity (Wildman–Crippen MR) is 105 cm³/mol. The smallest absolute Gasteiger partial charge is 0.123 e. The van der Waals surface area contributed by atoms with Gasteiger partial charge in [-0.15, -0.1) is 0 Å². The molecule has 0 bridgehead atoms. The zero-order valence-electron chi connectivity index (χ0n) is 14.4. The standard InChI is InChI=1S/C24H20FN/c25-18-14-12-17(13-15-18)23-21-10-5-9-20(21)22-11-4-8-19(24(22)26-23)16-6-2-1-3-7-16/h1-9,11-15,20-21,23,26H,10H2/t20-,21+,23-/m0/s1. The highest BCUT2D eigenvalue weighted by atomic mass is 19.1. The molecule has 3 aromatic rings. The van der Waals surface area contributed by atoms with Crippen LogP contribution < -0.4 is 5.32 Å². The van der Waals surface area contributed by atoms with Gasteiger partial charge in [0.1, 0.15) is 5.82 Å². The molecule has 1 aliphatic carbocycles. The molecule has 1 N–H and O–H groups in total. The first-order valence-corrected chi connectivity index (χ1v) is 9.18. The van der Waals surface area contributed by atoms with Crippen LogP contribution in [0.1, 0.15) is 29.5 Å². The Morgan fingerprint density at radius 1 is 0.846 bits per heavy atom. The molecule has 1 heterocycles. The maximum absolute atomic E-state index is 13.4. The minimum Gasteiger partial charge on any atom is -0.377 e. The third-order valence-electron chi connectivity index (χ3n) is 5.71. The van der Waals surface area contributed by atoms with Crippen LogP contribution in [0, 0.1) is 11.7 Å². The molecule has 0 fully saturated rings. The number of fused-ring (bicyclic) bond motifs is 3. The molecule has 26 heavy (non-hydrogen) atoms. The Labute approximate surface area is 153 Å². The summed E-state index contributed by atoms with van der Waals surface area (Å²) in [7, 11) is 0. The van der Waals surface area contributed by atoms with E-state index in [2.05, 4.69) is 59.9 Å². The molecule has 1 aliphatic heterocycles. The van der Waals surface area contributed by atoms with E-state index >= 15 is 0 Å². The number of halogens is 1. The summed E-state index contributed by atoms with van der Waals surface area (Å²) in [5, 5.41) is 3.81. The second-order valence-corrected chi connectivity index (χ2v) is 7.16. The van der Waals surface area contributed by atoms with Gasteiger partial charge in [-0.25, -0.2) is 4.39 Å². The van der Waals surface area contributed by atoms with Crippen molar-refractivity contribution in [2.75, 3.05) is 5.32 Å². The summed E-state index contributed by atoms with van der Waals surface area (Å²) in [6.45, 7) is 0. The van der Waals surface area contributed by atoms with E-state index in [4.69, 9.17) is 0 Å². The van der Waals surface area contributed by atoms with Crippen LogP contribution in [0.3, 0.4) is 0 Å². The summed E-state index contributed by atoms with van der Waals surface area (Å²) < 4.78 is 13.4. The second kappa shape index (κ2) is 6.14. The van der Waals surface area contributed by atoms with Crippen molar-refractivity contribution >= 4 is 5.69 Å². The minimum atomic E-state index is -0.184. The molecular weight excluding hydrogens is 321 g/mol. The first kappa shape index (κ1) is 15.4. The molecule has 1 nitrogen and oxygen atoms in total. The van der Waals surface area contributed by atoms with Crippen molar-refractivity contribution in [2.24, 2.45) is 5.92 Å². The third kappa shape index (κ3) is 2.45. The monoisotopic (exact) mass is 341 g/mol. The van der Waals surface area contributed by atoms with E-state index in [9.17, 15) is 4.39 Å². The highest BCUT2D eigenvalue weighted by molar-refractivity contribution is 5.82. The zero-order chi connectivity index (χ0) is 17.5. The first-order valence-electron chi connectivity index (χ1n) is 9.18. The van der Waals surface area contributed by atoms with Crippen LogP contribution >= 0.6 is 0 Å². The van der Waals surface area contributed by atoms with Gasteiger partial charge in [-0.05, 0) is 41.2 Å². The number of hydrogen-bond donors (Lipinski definition) is 1. The zero-order valence-corrected chi connectivity index (χ0v) is 14.4. The van der Waals surface area contributed by atoms with Crippen LogP contribution in [0.5, 0.6) is 0 Å². The van der Waals surface area contributed by atoms with E-state index in [1.54, 1.807) is 12.1 Å². The van der Waals surface area contributed by atoms with Crippen LogP contribution in [-0.2, 0) is 0 Å². The molecule has 0 saturated carbocycles. The van der Waals surface area contributed by atoms with Gasteiger partial charge >= 0.3 is 0 Å². The molecule has 0 saturated heterocycles.